The van der Waals surface area contributed by atoms with Gasteiger partial charge >= 0.3 is 0 Å². The van der Waals surface area contributed by atoms with E-state index in [2.05, 4.69) is 5.32 Å². The second-order valence-electron chi connectivity index (χ2n) is 4.00. The van der Waals surface area contributed by atoms with Gasteiger partial charge < -0.3 is 15.6 Å². The second kappa shape index (κ2) is 5.75. The summed E-state index contributed by atoms with van der Waals surface area (Å²) in [6.45, 7) is 3.61. The zero-order valence-electron chi connectivity index (χ0n) is 10.4. The molecule has 1 heterocycles. The first-order valence-electron chi connectivity index (χ1n) is 5.53. The van der Waals surface area contributed by atoms with E-state index in [1.165, 1.54) is 0 Å². The molecule has 1 atom stereocenters. The third kappa shape index (κ3) is 3.05. The van der Waals surface area contributed by atoms with Gasteiger partial charge in [-0.05, 0) is 13.3 Å². The topological polar surface area (TPSA) is 115 Å². The molecule has 1 aromatic heterocycles. The van der Waals surface area contributed by atoms with Crippen LogP contribution in [0.4, 0.5) is 0 Å². The largest absolute Gasteiger partial charge is 0.502 e. The number of halogens is 1. The number of carbonyl (C=O) groups is 1. The number of hydrogen-bond acceptors (Lipinski definition) is 5. The van der Waals surface area contributed by atoms with Gasteiger partial charge in [-0.3, -0.25) is 15.0 Å². The molecule has 0 aliphatic carbocycles. The van der Waals surface area contributed by atoms with Crippen LogP contribution in [0.25, 0.3) is 0 Å². The number of nitrogens with one attached hydrogen (secondary N) is 2. The van der Waals surface area contributed by atoms with Gasteiger partial charge in [0, 0.05) is 12.1 Å². The fourth-order valence-corrected chi connectivity index (χ4v) is 1.44. The smallest absolute Gasteiger partial charge is 0.271 e. The molecule has 1 aromatic rings. The van der Waals surface area contributed by atoms with Crippen molar-refractivity contribution in [1.29, 1.82) is 5.41 Å². The van der Waals surface area contributed by atoms with Crippen LogP contribution in [0.15, 0.2) is 10.9 Å². The fourth-order valence-electron chi connectivity index (χ4n) is 1.25. The highest BCUT2D eigenvalue weighted by atomic mass is 35.5. The Morgan fingerprint density at radius 2 is 2.21 bits per heavy atom. The summed E-state index contributed by atoms with van der Waals surface area (Å²) < 4.78 is 0.219. The molecular weight excluding hydrogens is 274 g/mol. The van der Waals surface area contributed by atoms with Crippen molar-refractivity contribution in [1.82, 2.24) is 10.0 Å². The first-order valence-corrected chi connectivity index (χ1v) is 5.90. The molecule has 7 nitrogen and oxygen atoms in total. The van der Waals surface area contributed by atoms with Crippen LogP contribution >= 0.6 is 11.6 Å². The zero-order valence-corrected chi connectivity index (χ0v) is 11.2. The third-order valence-electron chi connectivity index (χ3n) is 2.58. The molecule has 0 spiro atoms. The molecule has 0 aliphatic rings. The summed E-state index contributed by atoms with van der Waals surface area (Å²) >= 11 is 5.50. The van der Waals surface area contributed by atoms with Crippen molar-refractivity contribution in [3.05, 3.63) is 27.1 Å². The van der Waals surface area contributed by atoms with Crippen LogP contribution in [-0.4, -0.2) is 32.7 Å². The Bertz CT molecular complexity index is 582. The number of aromatic hydroxyl groups is 1. The molecule has 4 N–H and O–H groups in total. The molecule has 0 radical (unpaired) electrons. The molecule has 0 aliphatic heterocycles. The average molecular weight is 288 g/mol. The normalized spacial score (nSPS) is 11.9. The van der Waals surface area contributed by atoms with Crippen molar-refractivity contribution in [3.63, 3.8) is 0 Å². The summed E-state index contributed by atoms with van der Waals surface area (Å²) in [5, 5.41) is 28.3. The molecule has 1 rings (SSSR count). The van der Waals surface area contributed by atoms with Crippen LogP contribution in [0.2, 0.25) is 5.15 Å². The van der Waals surface area contributed by atoms with Crippen molar-refractivity contribution in [2.24, 2.45) is 0 Å². The number of pyridine rings is 1. The number of aromatic nitrogens is 1. The van der Waals surface area contributed by atoms with Crippen molar-refractivity contribution in [2.75, 3.05) is 0 Å². The summed E-state index contributed by atoms with van der Waals surface area (Å²) in [5.41, 5.74) is -1.90. The first kappa shape index (κ1) is 15.0. The second-order valence-corrected chi connectivity index (χ2v) is 4.36. The van der Waals surface area contributed by atoms with Gasteiger partial charge in [-0.1, -0.05) is 18.5 Å². The van der Waals surface area contributed by atoms with Gasteiger partial charge in [0.15, 0.2) is 5.15 Å². The summed E-state index contributed by atoms with van der Waals surface area (Å²) in [4.78, 5) is 23.0. The maximum atomic E-state index is 11.7. The van der Waals surface area contributed by atoms with Gasteiger partial charge in [-0.2, -0.15) is 4.73 Å². The molecule has 1 amide bonds. The molecule has 19 heavy (non-hydrogen) atoms. The van der Waals surface area contributed by atoms with Crippen LogP contribution in [0.3, 0.4) is 0 Å². The van der Waals surface area contributed by atoms with Crippen molar-refractivity contribution in [2.45, 2.75) is 26.3 Å². The Morgan fingerprint density at radius 1 is 1.63 bits per heavy atom. The Balaban J connectivity index is 3.14. The summed E-state index contributed by atoms with van der Waals surface area (Å²) in [5.74, 6) is -1.60. The predicted octanol–water partition coefficient (Wildman–Crippen LogP) is 0.727. The third-order valence-corrected chi connectivity index (χ3v) is 2.92. The van der Waals surface area contributed by atoms with E-state index >= 15 is 0 Å². The highest BCUT2D eigenvalue weighted by Gasteiger charge is 2.21. The SMILES string of the molecule is CCC(C)NC(=O)C(=N)c1cc(=O)c(O)c(Cl)n1O. The van der Waals surface area contributed by atoms with Gasteiger partial charge in [0.05, 0.1) is 0 Å². The Kier molecular flexibility index (Phi) is 4.55. The van der Waals surface area contributed by atoms with E-state index in [1.807, 2.05) is 6.92 Å². The summed E-state index contributed by atoms with van der Waals surface area (Å²) in [6.07, 6.45) is 0.668. The number of amides is 1. The molecule has 1 unspecified atom stereocenters. The lowest BCUT2D eigenvalue weighted by molar-refractivity contribution is -0.115. The monoisotopic (exact) mass is 287 g/mol. The summed E-state index contributed by atoms with van der Waals surface area (Å²) in [7, 11) is 0. The zero-order chi connectivity index (χ0) is 14.7. The molecular formula is C11H14ClN3O4. The van der Waals surface area contributed by atoms with E-state index in [0.717, 1.165) is 6.07 Å². The minimum absolute atomic E-state index is 0.153. The van der Waals surface area contributed by atoms with Gasteiger partial charge in [0.2, 0.25) is 11.2 Å². The van der Waals surface area contributed by atoms with Crippen LogP contribution in [0.5, 0.6) is 5.75 Å². The lowest BCUT2D eigenvalue weighted by atomic mass is 10.2. The van der Waals surface area contributed by atoms with Crippen LogP contribution in [-0.2, 0) is 4.79 Å². The van der Waals surface area contributed by atoms with Gasteiger partial charge in [-0.15, -0.1) is 0 Å². The Morgan fingerprint density at radius 3 is 2.74 bits per heavy atom. The molecule has 0 bridgehead atoms. The number of hydrogen-bond donors (Lipinski definition) is 4. The fraction of sp³-hybridized carbons (Fsp3) is 0.364. The van der Waals surface area contributed by atoms with E-state index in [9.17, 15) is 19.9 Å². The number of nitrogens with zero attached hydrogens (tertiary/aromatic N) is 1. The van der Waals surface area contributed by atoms with Crippen molar-refractivity contribution in [3.8, 4) is 5.75 Å². The van der Waals surface area contributed by atoms with Gasteiger partial charge in [-0.25, -0.2) is 0 Å². The van der Waals surface area contributed by atoms with E-state index in [0.29, 0.717) is 6.42 Å². The van der Waals surface area contributed by atoms with Crippen molar-refractivity contribution < 1.29 is 15.1 Å². The molecule has 0 aromatic carbocycles. The minimum Gasteiger partial charge on any atom is -0.502 e. The maximum absolute atomic E-state index is 11.7. The molecule has 8 heteroatoms. The molecule has 0 fully saturated rings. The molecule has 0 saturated heterocycles. The predicted molar refractivity (Wildman–Crippen MR) is 69.3 cm³/mol. The van der Waals surface area contributed by atoms with Crippen LogP contribution in [0, 0.1) is 5.41 Å². The standard InChI is InChI=1S/C11H14ClN3O4/c1-3-5(2)14-11(18)8(13)6-4-7(16)9(17)10(12)15(6)19/h4-5,13,17,19H,3H2,1-2H3,(H,14,18). The van der Waals surface area contributed by atoms with E-state index in [4.69, 9.17) is 17.0 Å². The van der Waals surface area contributed by atoms with E-state index in [1.54, 1.807) is 6.92 Å². The van der Waals surface area contributed by atoms with Crippen LogP contribution < -0.4 is 10.7 Å². The van der Waals surface area contributed by atoms with E-state index in [-0.39, 0.29) is 10.8 Å². The highest BCUT2D eigenvalue weighted by molar-refractivity contribution is 6.44. The first-order chi connectivity index (χ1) is 8.79. The lowest BCUT2D eigenvalue weighted by Gasteiger charge is -2.14. The number of carbonyl (C=O) groups excluding carboxylic acids is 1. The molecule has 0 saturated carbocycles. The molecule has 104 valence electrons. The van der Waals surface area contributed by atoms with Crippen molar-refractivity contribution >= 4 is 23.2 Å². The summed E-state index contributed by atoms with van der Waals surface area (Å²) in [6, 6.07) is 0.610. The quantitative estimate of drug-likeness (QED) is 0.371. The number of rotatable bonds is 4. The Hall–Kier alpha value is -2.02. The Labute approximate surface area is 113 Å². The van der Waals surface area contributed by atoms with E-state index < -0.39 is 33.6 Å². The highest BCUT2D eigenvalue weighted by Crippen LogP contribution is 2.18. The average Bonchev–Trinajstić information content (AvgIpc) is 2.39. The van der Waals surface area contributed by atoms with Crippen LogP contribution in [0.1, 0.15) is 26.0 Å². The van der Waals surface area contributed by atoms with Gasteiger partial charge in [0.25, 0.3) is 5.91 Å². The lowest BCUT2D eigenvalue weighted by Crippen LogP contribution is -2.38. The minimum atomic E-state index is -0.883. The van der Waals surface area contributed by atoms with Gasteiger partial charge in [0.1, 0.15) is 11.4 Å². The maximum Gasteiger partial charge on any atom is 0.271 e.